The van der Waals surface area contributed by atoms with Crippen LogP contribution in [0.5, 0.6) is 0 Å². The number of aromatic nitrogens is 2. The molecule has 1 aromatic rings. The molecule has 6 nitrogen and oxygen atoms in total. The summed E-state index contributed by atoms with van der Waals surface area (Å²) in [6.07, 6.45) is 2.82. The first kappa shape index (κ1) is 14.6. The summed E-state index contributed by atoms with van der Waals surface area (Å²) in [5, 5.41) is 13.3. The van der Waals surface area contributed by atoms with Gasteiger partial charge in [-0.25, -0.2) is 4.79 Å². The predicted molar refractivity (Wildman–Crippen MR) is 78.9 cm³/mol. The van der Waals surface area contributed by atoms with E-state index >= 15 is 0 Å². The first-order chi connectivity index (χ1) is 9.40. The summed E-state index contributed by atoms with van der Waals surface area (Å²) in [6, 6.07) is 0.375. The maximum absolute atomic E-state index is 10.8. The van der Waals surface area contributed by atoms with Crippen molar-refractivity contribution in [1.29, 1.82) is 0 Å². The Bertz CT molecular complexity index is 536. The van der Waals surface area contributed by atoms with Crippen LogP contribution < -0.4 is 4.90 Å². The average molecular weight is 278 g/mol. The van der Waals surface area contributed by atoms with Crippen LogP contribution in [0.3, 0.4) is 0 Å². The van der Waals surface area contributed by atoms with Crippen molar-refractivity contribution in [2.24, 2.45) is 7.05 Å². The number of aryl methyl sites for hydroxylation is 2. The fourth-order valence-electron chi connectivity index (χ4n) is 2.81. The molecule has 2 heterocycles. The van der Waals surface area contributed by atoms with Gasteiger partial charge in [-0.05, 0) is 27.0 Å². The summed E-state index contributed by atoms with van der Waals surface area (Å²) in [7, 11) is 4.03. The van der Waals surface area contributed by atoms with E-state index in [4.69, 9.17) is 5.11 Å². The van der Waals surface area contributed by atoms with Crippen LogP contribution in [-0.2, 0) is 11.8 Å². The molecule has 0 bridgehead atoms. The van der Waals surface area contributed by atoms with E-state index in [0.717, 1.165) is 36.7 Å². The van der Waals surface area contributed by atoms with Crippen molar-refractivity contribution in [1.82, 2.24) is 14.7 Å². The summed E-state index contributed by atoms with van der Waals surface area (Å²) >= 11 is 0. The van der Waals surface area contributed by atoms with E-state index in [1.54, 1.807) is 6.08 Å². The van der Waals surface area contributed by atoms with Crippen molar-refractivity contribution < 1.29 is 9.90 Å². The molecule has 1 fully saturated rings. The van der Waals surface area contributed by atoms with Gasteiger partial charge in [0.05, 0.1) is 5.69 Å². The molecule has 1 aliphatic rings. The lowest BCUT2D eigenvalue weighted by Crippen LogP contribution is -2.51. The summed E-state index contributed by atoms with van der Waals surface area (Å²) in [5.74, 6) is 0.0613. The van der Waals surface area contributed by atoms with Crippen LogP contribution in [0.1, 0.15) is 18.2 Å². The molecular weight excluding hydrogens is 256 g/mol. The Morgan fingerprint density at radius 1 is 1.40 bits per heavy atom. The molecule has 20 heavy (non-hydrogen) atoms. The normalized spacial score (nSPS) is 20.8. The Labute approximate surface area is 119 Å². The minimum Gasteiger partial charge on any atom is -0.478 e. The highest BCUT2D eigenvalue weighted by Crippen LogP contribution is 2.27. The molecule has 110 valence electrons. The van der Waals surface area contributed by atoms with Gasteiger partial charge in [0.15, 0.2) is 0 Å². The first-order valence-corrected chi connectivity index (χ1v) is 6.80. The molecule has 0 radical (unpaired) electrons. The van der Waals surface area contributed by atoms with Crippen molar-refractivity contribution in [3.63, 3.8) is 0 Å². The van der Waals surface area contributed by atoms with Crippen LogP contribution >= 0.6 is 0 Å². The fraction of sp³-hybridized carbons (Fsp3) is 0.571. The SMILES string of the molecule is Cc1nn(C)c(N2CCN(C)CC2C)c1/C=C/C(=O)O. The van der Waals surface area contributed by atoms with Gasteiger partial charge in [0, 0.05) is 44.4 Å². The summed E-state index contributed by atoms with van der Waals surface area (Å²) in [6.45, 7) is 7.00. The molecule has 0 aliphatic carbocycles. The van der Waals surface area contributed by atoms with E-state index in [-0.39, 0.29) is 0 Å². The van der Waals surface area contributed by atoms with Crippen LogP contribution in [-0.4, -0.2) is 58.5 Å². The third kappa shape index (κ3) is 2.85. The molecule has 2 rings (SSSR count). The van der Waals surface area contributed by atoms with Gasteiger partial charge in [-0.2, -0.15) is 5.10 Å². The standard InChI is InChI=1S/C14H22N4O2/c1-10-9-16(3)7-8-18(10)14-12(5-6-13(19)20)11(2)15-17(14)4/h5-6,10H,7-9H2,1-4H3,(H,19,20)/b6-5+. The maximum Gasteiger partial charge on any atom is 0.328 e. The Kier molecular flexibility index (Phi) is 4.13. The Morgan fingerprint density at radius 2 is 2.10 bits per heavy atom. The second-order valence-electron chi connectivity index (χ2n) is 5.42. The van der Waals surface area contributed by atoms with Crippen molar-refractivity contribution in [2.45, 2.75) is 19.9 Å². The first-order valence-electron chi connectivity index (χ1n) is 6.80. The molecular formula is C14H22N4O2. The van der Waals surface area contributed by atoms with Crippen LogP contribution in [0.2, 0.25) is 0 Å². The van der Waals surface area contributed by atoms with Gasteiger partial charge in [-0.1, -0.05) is 0 Å². The van der Waals surface area contributed by atoms with E-state index in [9.17, 15) is 4.79 Å². The summed E-state index contributed by atoms with van der Waals surface area (Å²) < 4.78 is 1.85. The van der Waals surface area contributed by atoms with Gasteiger partial charge >= 0.3 is 5.97 Å². The molecule has 1 unspecified atom stereocenters. The monoisotopic (exact) mass is 278 g/mol. The molecule has 0 spiro atoms. The van der Waals surface area contributed by atoms with Crippen molar-refractivity contribution >= 4 is 17.9 Å². The summed E-state index contributed by atoms with van der Waals surface area (Å²) in [5.41, 5.74) is 1.75. The number of carboxylic acids is 1. The molecule has 1 N–H and O–H groups in total. The van der Waals surface area contributed by atoms with E-state index in [1.807, 2.05) is 18.7 Å². The topological polar surface area (TPSA) is 61.6 Å². The third-order valence-corrected chi connectivity index (χ3v) is 3.73. The van der Waals surface area contributed by atoms with E-state index in [2.05, 4.69) is 28.9 Å². The van der Waals surface area contributed by atoms with Crippen molar-refractivity contribution in [2.75, 3.05) is 31.6 Å². The number of carbonyl (C=O) groups is 1. The zero-order valence-corrected chi connectivity index (χ0v) is 12.5. The van der Waals surface area contributed by atoms with Crippen molar-refractivity contribution in [3.05, 3.63) is 17.3 Å². The largest absolute Gasteiger partial charge is 0.478 e. The number of piperazine rings is 1. The summed E-state index contributed by atoms with van der Waals surface area (Å²) in [4.78, 5) is 15.4. The minimum absolute atomic E-state index is 0.375. The Hall–Kier alpha value is -1.82. The van der Waals surface area contributed by atoms with Crippen LogP contribution in [0, 0.1) is 6.92 Å². The second kappa shape index (κ2) is 5.66. The van der Waals surface area contributed by atoms with Gasteiger partial charge in [-0.15, -0.1) is 0 Å². The van der Waals surface area contributed by atoms with Gasteiger partial charge in [0.2, 0.25) is 0 Å². The number of aliphatic carboxylic acids is 1. The second-order valence-corrected chi connectivity index (χ2v) is 5.42. The van der Waals surface area contributed by atoms with E-state index in [1.165, 1.54) is 6.08 Å². The number of hydrogen-bond donors (Lipinski definition) is 1. The third-order valence-electron chi connectivity index (χ3n) is 3.73. The van der Waals surface area contributed by atoms with Gasteiger partial charge in [-0.3, -0.25) is 4.68 Å². The molecule has 1 atom stereocenters. The lowest BCUT2D eigenvalue weighted by molar-refractivity contribution is -0.131. The molecule has 0 amide bonds. The average Bonchev–Trinajstić information content (AvgIpc) is 2.61. The lowest BCUT2D eigenvalue weighted by Gasteiger charge is -2.39. The number of rotatable bonds is 3. The number of hydrogen-bond acceptors (Lipinski definition) is 4. The quantitative estimate of drug-likeness (QED) is 0.835. The number of anilines is 1. The molecule has 1 aromatic heterocycles. The Morgan fingerprint density at radius 3 is 2.70 bits per heavy atom. The van der Waals surface area contributed by atoms with Gasteiger partial charge < -0.3 is 14.9 Å². The molecule has 1 saturated heterocycles. The van der Waals surface area contributed by atoms with E-state index < -0.39 is 5.97 Å². The Balaban J connectivity index is 2.38. The van der Waals surface area contributed by atoms with Crippen LogP contribution in [0.25, 0.3) is 6.08 Å². The lowest BCUT2D eigenvalue weighted by atomic mass is 10.1. The number of carboxylic acid groups (broad SMARTS) is 1. The van der Waals surface area contributed by atoms with E-state index in [0.29, 0.717) is 6.04 Å². The minimum atomic E-state index is -0.939. The zero-order valence-electron chi connectivity index (χ0n) is 12.5. The smallest absolute Gasteiger partial charge is 0.328 e. The predicted octanol–water partition coefficient (Wildman–Crippen LogP) is 0.967. The van der Waals surface area contributed by atoms with Crippen LogP contribution in [0.15, 0.2) is 6.08 Å². The highest BCUT2D eigenvalue weighted by Gasteiger charge is 2.26. The van der Waals surface area contributed by atoms with Gasteiger partial charge in [0.25, 0.3) is 0 Å². The zero-order chi connectivity index (χ0) is 14.9. The number of nitrogens with zero attached hydrogens (tertiary/aromatic N) is 4. The van der Waals surface area contributed by atoms with Crippen LogP contribution in [0.4, 0.5) is 5.82 Å². The molecule has 1 aliphatic heterocycles. The molecule has 6 heteroatoms. The number of likely N-dealkylation sites (N-methyl/N-ethyl adjacent to an activating group) is 1. The maximum atomic E-state index is 10.8. The van der Waals surface area contributed by atoms with Crippen molar-refractivity contribution in [3.8, 4) is 0 Å². The molecule has 0 aromatic carbocycles. The highest BCUT2D eigenvalue weighted by atomic mass is 16.4. The molecule has 0 saturated carbocycles. The highest BCUT2D eigenvalue weighted by molar-refractivity contribution is 5.87. The van der Waals surface area contributed by atoms with Gasteiger partial charge in [0.1, 0.15) is 5.82 Å². The fourth-order valence-corrected chi connectivity index (χ4v) is 2.81.